The highest BCUT2D eigenvalue weighted by atomic mass is 35.5. The molecule has 1 rings (SSSR count). The van der Waals surface area contributed by atoms with E-state index in [2.05, 4.69) is 54.9 Å². The van der Waals surface area contributed by atoms with Crippen molar-refractivity contribution >= 4 is 35.1 Å². The summed E-state index contributed by atoms with van der Waals surface area (Å²) in [6, 6.07) is 0. The Morgan fingerprint density at radius 3 is 2.37 bits per heavy atom. The predicted octanol–water partition coefficient (Wildman–Crippen LogP) is 2.97. The van der Waals surface area contributed by atoms with Crippen molar-refractivity contribution in [3.63, 3.8) is 0 Å². The fourth-order valence-electron chi connectivity index (χ4n) is 3.09. The molecule has 0 spiro atoms. The summed E-state index contributed by atoms with van der Waals surface area (Å²) < 4.78 is 0. The van der Waals surface area contributed by atoms with Crippen molar-refractivity contribution in [1.29, 1.82) is 0 Å². The number of nitrogens with zero attached hydrogens (tertiary/aromatic N) is 3. The number of aliphatic imine (C=N–C) groups is 1. The maximum absolute atomic E-state index is 12.2. The zero-order chi connectivity index (χ0) is 20.8. The molecule has 7 N–H and O–H groups in total. The van der Waals surface area contributed by atoms with Crippen LogP contribution in [0.1, 0.15) is 70.8 Å². The van der Waals surface area contributed by atoms with E-state index in [1.807, 2.05) is 0 Å². The number of nitrogen functional groups attached to an aromatic ring is 2. The zero-order valence-electron chi connectivity index (χ0n) is 16.9. The lowest BCUT2D eigenvalue weighted by atomic mass is 9.72. The van der Waals surface area contributed by atoms with Gasteiger partial charge in [-0.15, -0.1) is 0 Å². The maximum Gasteiger partial charge on any atom is 0.280 e. The molecule has 0 aliphatic rings. The average molecular weight is 398 g/mol. The van der Waals surface area contributed by atoms with E-state index in [0.717, 1.165) is 25.7 Å². The molecule has 0 saturated carbocycles. The maximum atomic E-state index is 12.2. The molecule has 0 saturated heterocycles. The Morgan fingerprint density at radius 2 is 1.78 bits per heavy atom. The van der Waals surface area contributed by atoms with Gasteiger partial charge in [0, 0.05) is 6.54 Å². The van der Waals surface area contributed by atoms with E-state index in [9.17, 15) is 4.79 Å². The first-order valence-corrected chi connectivity index (χ1v) is 9.44. The van der Waals surface area contributed by atoms with Gasteiger partial charge in [-0.25, -0.2) is 9.97 Å². The van der Waals surface area contributed by atoms with E-state index in [1.165, 1.54) is 0 Å². The smallest absolute Gasteiger partial charge is 0.280 e. The minimum absolute atomic E-state index is 0.000779. The highest BCUT2D eigenvalue weighted by molar-refractivity contribution is 6.31. The van der Waals surface area contributed by atoms with Crippen LogP contribution < -0.4 is 22.5 Å². The normalized spacial score (nSPS) is 12.9. The number of carbonyl (C=O) groups is 1. The molecule has 0 unspecified atom stereocenters. The third-order valence-electron chi connectivity index (χ3n) is 4.57. The van der Waals surface area contributed by atoms with Gasteiger partial charge in [0.2, 0.25) is 0 Å². The largest absolute Gasteiger partial charge is 0.382 e. The molecule has 0 aromatic carbocycles. The SMILES string of the molecule is CCC(C)(C)CC(C)(C)CCCN=C(N)NC(=O)c1nc(Cl)c(N)nc1N. The van der Waals surface area contributed by atoms with Gasteiger partial charge in [-0.2, -0.15) is 0 Å². The highest BCUT2D eigenvalue weighted by Gasteiger charge is 2.27. The summed E-state index contributed by atoms with van der Waals surface area (Å²) in [5, 5.41) is 2.34. The van der Waals surface area contributed by atoms with Crippen molar-refractivity contribution in [3.8, 4) is 0 Å². The van der Waals surface area contributed by atoms with Gasteiger partial charge in [-0.05, 0) is 30.1 Å². The summed E-state index contributed by atoms with van der Waals surface area (Å²) >= 11 is 5.77. The van der Waals surface area contributed by atoms with Gasteiger partial charge >= 0.3 is 0 Å². The van der Waals surface area contributed by atoms with Crippen molar-refractivity contribution in [2.45, 2.75) is 60.3 Å². The Balaban J connectivity index is 2.56. The number of nitrogens with one attached hydrogen (secondary N) is 1. The monoisotopic (exact) mass is 397 g/mol. The molecule has 1 aromatic heterocycles. The summed E-state index contributed by atoms with van der Waals surface area (Å²) in [5.41, 5.74) is 17.3. The number of carbonyl (C=O) groups excluding carboxylic acids is 1. The minimum atomic E-state index is -0.631. The van der Waals surface area contributed by atoms with Gasteiger partial charge in [-0.1, -0.05) is 52.6 Å². The van der Waals surface area contributed by atoms with Crippen LogP contribution in [0.2, 0.25) is 5.15 Å². The van der Waals surface area contributed by atoms with Crippen LogP contribution in [0.3, 0.4) is 0 Å². The average Bonchev–Trinajstić information content (AvgIpc) is 2.54. The van der Waals surface area contributed by atoms with E-state index < -0.39 is 5.91 Å². The van der Waals surface area contributed by atoms with Crippen LogP contribution in [0.4, 0.5) is 11.6 Å². The lowest BCUT2D eigenvalue weighted by Crippen LogP contribution is -2.38. The molecule has 1 amide bonds. The number of anilines is 2. The molecule has 9 heteroatoms. The molecule has 27 heavy (non-hydrogen) atoms. The molecule has 1 aromatic rings. The Kier molecular flexibility index (Phi) is 7.83. The van der Waals surface area contributed by atoms with Crippen molar-refractivity contribution in [3.05, 3.63) is 10.8 Å². The number of guanidine groups is 1. The van der Waals surface area contributed by atoms with Crippen LogP contribution in [-0.2, 0) is 0 Å². The fourth-order valence-corrected chi connectivity index (χ4v) is 3.22. The van der Waals surface area contributed by atoms with Gasteiger partial charge in [0.05, 0.1) is 0 Å². The van der Waals surface area contributed by atoms with Crippen molar-refractivity contribution in [2.24, 2.45) is 21.6 Å². The summed E-state index contributed by atoms with van der Waals surface area (Å²) in [5.74, 6) is -0.794. The van der Waals surface area contributed by atoms with Crippen LogP contribution in [0.15, 0.2) is 4.99 Å². The molecule has 1 heterocycles. The Hall–Kier alpha value is -2.09. The third-order valence-corrected chi connectivity index (χ3v) is 4.85. The first kappa shape index (κ1) is 23.0. The molecule has 0 fully saturated rings. The number of halogens is 1. The predicted molar refractivity (Wildman–Crippen MR) is 112 cm³/mol. The number of hydrogen-bond acceptors (Lipinski definition) is 6. The van der Waals surface area contributed by atoms with E-state index in [4.69, 9.17) is 28.8 Å². The molecular formula is C18H32ClN7O. The molecule has 8 nitrogen and oxygen atoms in total. The highest BCUT2D eigenvalue weighted by Crippen LogP contribution is 2.38. The Morgan fingerprint density at radius 1 is 1.15 bits per heavy atom. The summed E-state index contributed by atoms with van der Waals surface area (Å²) in [6.07, 6.45) is 4.18. The second-order valence-corrected chi connectivity index (χ2v) is 8.67. The second-order valence-electron chi connectivity index (χ2n) is 8.32. The van der Waals surface area contributed by atoms with Crippen molar-refractivity contribution in [2.75, 3.05) is 18.0 Å². The molecule has 0 bridgehead atoms. The lowest BCUT2D eigenvalue weighted by molar-refractivity contribution is 0.0972. The number of amides is 1. The zero-order valence-corrected chi connectivity index (χ0v) is 17.7. The van der Waals surface area contributed by atoms with Crippen LogP contribution in [0.25, 0.3) is 0 Å². The Labute approximate surface area is 166 Å². The summed E-state index contributed by atoms with van der Waals surface area (Å²) in [6.45, 7) is 11.9. The van der Waals surface area contributed by atoms with Crippen LogP contribution in [0, 0.1) is 10.8 Å². The fraction of sp³-hybridized carbons (Fsp3) is 0.667. The third kappa shape index (κ3) is 7.58. The number of rotatable bonds is 8. The molecule has 0 radical (unpaired) electrons. The first-order chi connectivity index (χ1) is 12.4. The second kappa shape index (κ2) is 9.21. The van der Waals surface area contributed by atoms with E-state index >= 15 is 0 Å². The number of nitrogens with two attached hydrogens (primary N) is 3. The molecular weight excluding hydrogens is 366 g/mol. The quantitative estimate of drug-likeness (QED) is 0.301. The molecule has 0 atom stereocenters. The van der Waals surface area contributed by atoms with E-state index in [-0.39, 0.29) is 33.9 Å². The van der Waals surface area contributed by atoms with Gasteiger partial charge in [0.25, 0.3) is 5.91 Å². The number of aromatic nitrogens is 2. The Bertz CT molecular complexity index is 701. The van der Waals surface area contributed by atoms with Gasteiger partial charge in [0.1, 0.15) is 0 Å². The van der Waals surface area contributed by atoms with Crippen molar-refractivity contribution < 1.29 is 4.79 Å². The van der Waals surface area contributed by atoms with Crippen LogP contribution >= 0.6 is 11.6 Å². The van der Waals surface area contributed by atoms with Crippen LogP contribution in [0.5, 0.6) is 0 Å². The number of hydrogen-bond donors (Lipinski definition) is 4. The van der Waals surface area contributed by atoms with E-state index in [0.29, 0.717) is 12.0 Å². The van der Waals surface area contributed by atoms with Crippen LogP contribution in [-0.4, -0.2) is 28.4 Å². The minimum Gasteiger partial charge on any atom is -0.382 e. The topological polar surface area (TPSA) is 145 Å². The lowest BCUT2D eigenvalue weighted by Gasteiger charge is -2.34. The summed E-state index contributed by atoms with van der Waals surface area (Å²) in [7, 11) is 0. The van der Waals surface area contributed by atoms with E-state index in [1.54, 1.807) is 0 Å². The molecule has 0 aliphatic carbocycles. The standard InChI is InChI=1S/C18H32ClN7O/c1-6-17(2,3)10-18(4,5)8-7-9-23-16(22)26-15(27)11-13(20)25-14(21)12(19)24-11/h6-10H2,1-5H3,(H4,20,21,25)(H3,22,23,26,27). The van der Waals surface area contributed by atoms with Gasteiger partial charge in [0.15, 0.2) is 28.4 Å². The van der Waals surface area contributed by atoms with Gasteiger partial charge < -0.3 is 17.2 Å². The molecule has 0 aliphatic heterocycles. The first-order valence-electron chi connectivity index (χ1n) is 9.06. The molecule has 152 valence electrons. The van der Waals surface area contributed by atoms with Crippen molar-refractivity contribution in [1.82, 2.24) is 15.3 Å². The summed E-state index contributed by atoms with van der Waals surface area (Å²) in [4.78, 5) is 23.9. The van der Waals surface area contributed by atoms with Gasteiger partial charge in [-0.3, -0.25) is 15.1 Å².